The molecule has 1 unspecified atom stereocenters. The van der Waals surface area contributed by atoms with Crippen molar-refractivity contribution in [3.8, 4) is 0 Å². The number of nitrogens with two attached hydrogens (primary N) is 1. The van der Waals surface area contributed by atoms with Gasteiger partial charge < -0.3 is 10.5 Å². The fraction of sp³-hybridized carbons (Fsp3) is 0.538. The lowest BCUT2D eigenvalue weighted by Gasteiger charge is -2.31. The van der Waals surface area contributed by atoms with Crippen LogP contribution in [0.3, 0.4) is 0 Å². The van der Waals surface area contributed by atoms with Crippen LogP contribution in [0, 0.1) is 11.7 Å². The van der Waals surface area contributed by atoms with Crippen LogP contribution in [0.15, 0.2) is 23.1 Å². The molecule has 1 heterocycles. The molecule has 0 aliphatic carbocycles. The van der Waals surface area contributed by atoms with E-state index in [0.717, 1.165) is 18.9 Å². The Bertz CT molecular complexity index is 575. The van der Waals surface area contributed by atoms with Crippen LogP contribution in [-0.2, 0) is 14.8 Å². The molecule has 0 bridgehead atoms. The predicted molar refractivity (Wildman–Crippen MR) is 74.2 cm³/mol. The maximum Gasteiger partial charge on any atom is 0.243 e. The summed E-state index contributed by atoms with van der Waals surface area (Å²) in [6, 6.07) is 3.50. The minimum atomic E-state index is -3.62. The number of hydrogen-bond acceptors (Lipinski definition) is 4. The zero-order chi connectivity index (χ0) is 14.8. The lowest BCUT2D eigenvalue weighted by Crippen LogP contribution is -2.41. The number of rotatable bonds is 4. The molecular formula is C13H19FN2O3S. The zero-order valence-corrected chi connectivity index (χ0v) is 12.2. The van der Waals surface area contributed by atoms with Gasteiger partial charge in [0.2, 0.25) is 10.0 Å². The molecule has 1 atom stereocenters. The number of piperidine rings is 1. The lowest BCUT2D eigenvalue weighted by atomic mass is 10.0. The van der Waals surface area contributed by atoms with Crippen molar-refractivity contribution in [1.29, 1.82) is 0 Å². The zero-order valence-electron chi connectivity index (χ0n) is 11.4. The highest BCUT2D eigenvalue weighted by atomic mass is 32.2. The molecule has 1 aromatic carbocycles. The molecule has 112 valence electrons. The number of ether oxygens (including phenoxy) is 1. The second kappa shape index (κ2) is 6.07. The first-order chi connectivity index (χ1) is 9.45. The Balaban J connectivity index is 2.23. The highest BCUT2D eigenvalue weighted by molar-refractivity contribution is 7.89. The summed E-state index contributed by atoms with van der Waals surface area (Å²) in [7, 11) is -2.02. The van der Waals surface area contributed by atoms with Gasteiger partial charge in [0.1, 0.15) is 5.82 Å². The molecule has 20 heavy (non-hydrogen) atoms. The Morgan fingerprint density at radius 2 is 2.25 bits per heavy atom. The lowest BCUT2D eigenvalue weighted by molar-refractivity contribution is 0.118. The summed E-state index contributed by atoms with van der Waals surface area (Å²) in [5.74, 6) is -0.416. The third-order valence-corrected chi connectivity index (χ3v) is 5.35. The minimum Gasteiger partial charge on any atom is -0.396 e. The van der Waals surface area contributed by atoms with Crippen LogP contribution in [0.5, 0.6) is 0 Å². The van der Waals surface area contributed by atoms with E-state index in [9.17, 15) is 12.8 Å². The molecule has 1 fully saturated rings. The molecule has 1 aromatic rings. The molecule has 2 rings (SSSR count). The van der Waals surface area contributed by atoms with E-state index in [0.29, 0.717) is 19.7 Å². The average Bonchev–Trinajstić information content (AvgIpc) is 2.42. The van der Waals surface area contributed by atoms with Gasteiger partial charge in [-0.05, 0) is 37.0 Å². The molecule has 1 saturated heterocycles. The summed E-state index contributed by atoms with van der Waals surface area (Å²) >= 11 is 0. The van der Waals surface area contributed by atoms with Crippen molar-refractivity contribution in [2.75, 3.05) is 32.5 Å². The van der Waals surface area contributed by atoms with E-state index < -0.39 is 15.8 Å². The van der Waals surface area contributed by atoms with E-state index in [1.165, 1.54) is 16.4 Å². The van der Waals surface area contributed by atoms with E-state index in [-0.39, 0.29) is 16.5 Å². The number of sulfonamides is 1. The van der Waals surface area contributed by atoms with E-state index in [2.05, 4.69) is 0 Å². The SMILES string of the molecule is COCC1CCCN(S(=O)(=O)c2ccc(F)c(N)c2)C1. The van der Waals surface area contributed by atoms with Crippen LogP contribution in [0.4, 0.5) is 10.1 Å². The predicted octanol–water partition coefficient (Wildman–Crippen LogP) is 1.46. The normalized spacial score (nSPS) is 21.0. The Morgan fingerprint density at radius 1 is 1.50 bits per heavy atom. The second-order valence-corrected chi connectivity index (χ2v) is 6.95. The number of nitrogen functional groups attached to an aromatic ring is 1. The number of halogens is 1. The fourth-order valence-corrected chi connectivity index (χ4v) is 4.04. The van der Waals surface area contributed by atoms with Crippen LogP contribution in [0.1, 0.15) is 12.8 Å². The Morgan fingerprint density at radius 3 is 2.90 bits per heavy atom. The van der Waals surface area contributed by atoms with Crippen LogP contribution < -0.4 is 5.73 Å². The molecule has 1 aliphatic rings. The molecular weight excluding hydrogens is 283 g/mol. The summed E-state index contributed by atoms with van der Waals surface area (Å²) in [4.78, 5) is 0.0365. The van der Waals surface area contributed by atoms with Crippen LogP contribution in [0.2, 0.25) is 0 Å². The van der Waals surface area contributed by atoms with Gasteiger partial charge in [-0.15, -0.1) is 0 Å². The third kappa shape index (κ3) is 3.11. The largest absolute Gasteiger partial charge is 0.396 e. The summed E-state index contributed by atoms with van der Waals surface area (Å²) in [5.41, 5.74) is 5.29. The Labute approximate surface area is 118 Å². The minimum absolute atomic E-state index is 0.0365. The van der Waals surface area contributed by atoms with Gasteiger partial charge in [-0.1, -0.05) is 0 Å². The molecule has 0 saturated carbocycles. The van der Waals surface area contributed by atoms with Crippen molar-refractivity contribution in [3.05, 3.63) is 24.0 Å². The van der Waals surface area contributed by atoms with Crippen molar-refractivity contribution < 1.29 is 17.5 Å². The molecule has 7 heteroatoms. The first-order valence-electron chi connectivity index (χ1n) is 6.49. The number of hydrogen-bond donors (Lipinski definition) is 1. The standard InChI is InChI=1S/C13H19FN2O3S/c1-19-9-10-3-2-6-16(8-10)20(17,18)11-4-5-12(14)13(15)7-11/h4-5,7,10H,2-3,6,8-9,15H2,1H3. The average molecular weight is 302 g/mol. The van der Waals surface area contributed by atoms with E-state index in [4.69, 9.17) is 10.5 Å². The van der Waals surface area contributed by atoms with Crippen molar-refractivity contribution in [2.24, 2.45) is 5.92 Å². The van der Waals surface area contributed by atoms with E-state index in [1.54, 1.807) is 7.11 Å². The maximum atomic E-state index is 13.1. The van der Waals surface area contributed by atoms with Crippen molar-refractivity contribution in [3.63, 3.8) is 0 Å². The summed E-state index contributed by atoms with van der Waals surface area (Å²) in [5, 5.41) is 0. The van der Waals surface area contributed by atoms with E-state index in [1.807, 2.05) is 0 Å². The Hall–Kier alpha value is -1.18. The van der Waals surface area contributed by atoms with Gasteiger partial charge >= 0.3 is 0 Å². The van der Waals surface area contributed by atoms with Gasteiger partial charge in [0.15, 0.2) is 0 Å². The monoisotopic (exact) mass is 302 g/mol. The molecule has 0 amide bonds. The number of methoxy groups -OCH3 is 1. The van der Waals surface area contributed by atoms with Gasteiger partial charge in [-0.3, -0.25) is 0 Å². The Kier molecular flexibility index (Phi) is 4.62. The molecule has 0 radical (unpaired) electrons. The molecule has 0 spiro atoms. The number of anilines is 1. The first kappa shape index (κ1) is 15.2. The van der Waals surface area contributed by atoms with Crippen molar-refractivity contribution in [1.82, 2.24) is 4.31 Å². The first-order valence-corrected chi connectivity index (χ1v) is 7.93. The highest BCUT2D eigenvalue weighted by Gasteiger charge is 2.30. The van der Waals surface area contributed by atoms with Crippen molar-refractivity contribution >= 4 is 15.7 Å². The maximum absolute atomic E-state index is 13.1. The van der Waals surface area contributed by atoms with Crippen LogP contribution in [0.25, 0.3) is 0 Å². The number of benzene rings is 1. The van der Waals surface area contributed by atoms with Gasteiger partial charge in [-0.25, -0.2) is 12.8 Å². The third-order valence-electron chi connectivity index (χ3n) is 3.49. The van der Waals surface area contributed by atoms with Crippen LogP contribution in [-0.4, -0.2) is 39.5 Å². The smallest absolute Gasteiger partial charge is 0.243 e. The fourth-order valence-electron chi connectivity index (χ4n) is 2.45. The van der Waals surface area contributed by atoms with Gasteiger partial charge in [-0.2, -0.15) is 4.31 Å². The molecule has 0 aromatic heterocycles. The summed E-state index contributed by atoms with van der Waals surface area (Å²) < 4.78 is 44.7. The molecule has 1 aliphatic heterocycles. The number of nitrogens with zero attached hydrogens (tertiary/aromatic N) is 1. The van der Waals surface area contributed by atoms with Gasteiger partial charge in [0, 0.05) is 20.2 Å². The molecule has 2 N–H and O–H groups in total. The molecule has 5 nitrogen and oxygen atoms in total. The highest BCUT2D eigenvalue weighted by Crippen LogP contribution is 2.25. The van der Waals surface area contributed by atoms with Gasteiger partial charge in [0.25, 0.3) is 0 Å². The summed E-state index contributed by atoms with van der Waals surface area (Å²) in [6.07, 6.45) is 1.75. The van der Waals surface area contributed by atoms with E-state index >= 15 is 0 Å². The van der Waals surface area contributed by atoms with Gasteiger partial charge in [0.05, 0.1) is 17.2 Å². The second-order valence-electron chi connectivity index (χ2n) is 5.01. The topological polar surface area (TPSA) is 72.6 Å². The van der Waals surface area contributed by atoms with Crippen LogP contribution >= 0.6 is 0 Å². The quantitative estimate of drug-likeness (QED) is 0.855. The summed E-state index contributed by atoms with van der Waals surface area (Å²) in [6.45, 7) is 1.44. The van der Waals surface area contributed by atoms with Crippen molar-refractivity contribution in [2.45, 2.75) is 17.7 Å².